The molecule has 7 heteroatoms. The fourth-order valence-corrected chi connectivity index (χ4v) is 6.13. The van der Waals surface area contributed by atoms with E-state index in [1.807, 2.05) is 24.3 Å². The van der Waals surface area contributed by atoms with E-state index in [4.69, 9.17) is 4.74 Å². The number of likely N-dealkylation sites (N-methyl/N-ethyl adjacent to an activating group) is 1. The number of carbonyl (C=O) groups excluding carboxylic acids is 2. The summed E-state index contributed by atoms with van der Waals surface area (Å²) in [6.07, 6.45) is 1.85. The van der Waals surface area contributed by atoms with Crippen LogP contribution in [0.3, 0.4) is 0 Å². The zero-order valence-corrected chi connectivity index (χ0v) is 20.4. The Kier molecular flexibility index (Phi) is 6.50. The van der Waals surface area contributed by atoms with E-state index < -0.39 is 5.97 Å². The number of hydrogen-bond acceptors (Lipinski definition) is 6. The van der Waals surface area contributed by atoms with E-state index >= 15 is 0 Å². The van der Waals surface area contributed by atoms with Crippen LogP contribution >= 0.6 is 11.3 Å². The number of benzene rings is 2. The summed E-state index contributed by atoms with van der Waals surface area (Å²) >= 11 is 1.47. The van der Waals surface area contributed by atoms with Crippen LogP contribution in [0.5, 0.6) is 0 Å². The summed E-state index contributed by atoms with van der Waals surface area (Å²) in [5.74, 6) is -0.605. The zero-order valence-electron chi connectivity index (χ0n) is 19.6. The summed E-state index contributed by atoms with van der Waals surface area (Å²) in [5.41, 5.74) is 6.11. The summed E-state index contributed by atoms with van der Waals surface area (Å²) in [6, 6.07) is 16.4. The normalized spacial score (nSPS) is 15.9. The lowest BCUT2D eigenvalue weighted by Gasteiger charge is -2.28. The number of nitrogens with zero attached hydrogens (tertiary/aromatic N) is 2. The van der Waals surface area contributed by atoms with Crippen molar-refractivity contribution < 1.29 is 14.3 Å². The second kappa shape index (κ2) is 9.70. The van der Waals surface area contributed by atoms with E-state index in [1.54, 1.807) is 0 Å². The van der Waals surface area contributed by atoms with E-state index in [0.29, 0.717) is 16.1 Å². The van der Waals surface area contributed by atoms with Gasteiger partial charge in [0.05, 0.1) is 12.7 Å². The van der Waals surface area contributed by atoms with Crippen LogP contribution in [0.2, 0.25) is 0 Å². The first kappa shape index (κ1) is 22.8. The number of methoxy groups -OCH3 is 1. The van der Waals surface area contributed by atoms with E-state index in [1.165, 1.54) is 35.1 Å². The lowest BCUT2D eigenvalue weighted by molar-refractivity contribution is 0.0600. The molecule has 0 saturated heterocycles. The summed E-state index contributed by atoms with van der Waals surface area (Å²) in [4.78, 5) is 31.3. The van der Waals surface area contributed by atoms with Crippen molar-refractivity contribution in [1.82, 2.24) is 9.80 Å². The van der Waals surface area contributed by atoms with Gasteiger partial charge >= 0.3 is 5.97 Å². The standard InChI is InChI=1S/C27H29N3O3S/c1-29-13-12-22-23(17-29)34-26(24(22)27(32)33-2)28-25(31)20-9-7-18(8-10-20)15-30-14-11-19-5-3-4-6-21(19)16-30/h3-10H,11-17H2,1-2H3,(H,28,31). The Balaban J connectivity index is 1.28. The highest BCUT2D eigenvalue weighted by molar-refractivity contribution is 7.17. The molecule has 1 N–H and O–H groups in total. The predicted molar refractivity (Wildman–Crippen MR) is 134 cm³/mol. The first-order valence-corrected chi connectivity index (χ1v) is 12.4. The van der Waals surface area contributed by atoms with Gasteiger partial charge in [0.25, 0.3) is 5.91 Å². The van der Waals surface area contributed by atoms with E-state index in [2.05, 4.69) is 46.4 Å². The molecule has 176 valence electrons. The van der Waals surface area contributed by atoms with Crippen LogP contribution in [0.15, 0.2) is 48.5 Å². The first-order chi connectivity index (χ1) is 16.5. The number of esters is 1. The maximum Gasteiger partial charge on any atom is 0.341 e. The molecular formula is C27H29N3O3S. The molecule has 34 heavy (non-hydrogen) atoms. The number of fused-ring (bicyclic) bond motifs is 2. The summed E-state index contributed by atoms with van der Waals surface area (Å²) in [6.45, 7) is 4.50. The van der Waals surface area contributed by atoms with Gasteiger partial charge in [0.1, 0.15) is 5.00 Å². The van der Waals surface area contributed by atoms with Gasteiger partial charge in [-0.25, -0.2) is 4.79 Å². The van der Waals surface area contributed by atoms with Crippen LogP contribution in [-0.4, -0.2) is 48.9 Å². The number of anilines is 1. The molecule has 0 aliphatic carbocycles. The molecule has 1 aromatic heterocycles. The van der Waals surface area contributed by atoms with Gasteiger partial charge in [-0.1, -0.05) is 36.4 Å². The fraction of sp³-hybridized carbons (Fsp3) is 0.333. The van der Waals surface area contributed by atoms with Crippen molar-refractivity contribution >= 4 is 28.2 Å². The minimum absolute atomic E-state index is 0.212. The van der Waals surface area contributed by atoms with Gasteiger partial charge in [-0.05, 0) is 54.3 Å². The lowest BCUT2D eigenvalue weighted by atomic mass is 9.99. The molecule has 0 saturated carbocycles. The Labute approximate surface area is 204 Å². The second-order valence-corrected chi connectivity index (χ2v) is 10.2. The Bertz CT molecular complexity index is 1220. The van der Waals surface area contributed by atoms with Gasteiger partial charge in [-0.15, -0.1) is 11.3 Å². The first-order valence-electron chi connectivity index (χ1n) is 11.6. The van der Waals surface area contributed by atoms with Crippen molar-refractivity contribution in [1.29, 1.82) is 0 Å². The number of ether oxygens (including phenoxy) is 1. The maximum atomic E-state index is 13.0. The van der Waals surface area contributed by atoms with Crippen molar-refractivity contribution in [3.05, 3.63) is 86.8 Å². The topological polar surface area (TPSA) is 61.9 Å². The number of rotatable bonds is 5. The van der Waals surface area contributed by atoms with Gasteiger partial charge in [0.2, 0.25) is 0 Å². The van der Waals surface area contributed by atoms with Gasteiger partial charge < -0.3 is 15.0 Å². The monoisotopic (exact) mass is 475 g/mol. The molecule has 0 spiro atoms. The molecule has 2 aliphatic rings. The number of hydrogen-bond donors (Lipinski definition) is 1. The Hall–Kier alpha value is -3.00. The molecule has 0 fully saturated rings. The molecule has 0 unspecified atom stereocenters. The predicted octanol–water partition coefficient (Wildman–Crippen LogP) is 4.33. The zero-order chi connectivity index (χ0) is 23.7. The molecule has 0 atom stereocenters. The Morgan fingerprint density at radius 2 is 1.76 bits per heavy atom. The molecule has 1 amide bonds. The largest absolute Gasteiger partial charge is 0.465 e. The van der Waals surface area contributed by atoms with Crippen molar-refractivity contribution in [3.63, 3.8) is 0 Å². The van der Waals surface area contributed by atoms with Crippen molar-refractivity contribution in [2.24, 2.45) is 0 Å². The summed E-state index contributed by atoms with van der Waals surface area (Å²) in [5, 5.41) is 3.55. The van der Waals surface area contributed by atoms with E-state index in [0.717, 1.165) is 56.0 Å². The molecule has 0 bridgehead atoms. The van der Waals surface area contributed by atoms with Crippen LogP contribution in [0.4, 0.5) is 5.00 Å². The highest BCUT2D eigenvalue weighted by Gasteiger charge is 2.28. The number of amides is 1. The maximum absolute atomic E-state index is 13.0. The summed E-state index contributed by atoms with van der Waals surface area (Å²) in [7, 11) is 3.44. The highest BCUT2D eigenvalue weighted by atomic mass is 32.1. The average Bonchev–Trinajstić information content (AvgIpc) is 3.20. The van der Waals surface area contributed by atoms with Gasteiger partial charge in [-0.2, -0.15) is 0 Å². The Morgan fingerprint density at radius 3 is 2.53 bits per heavy atom. The van der Waals surface area contributed by atoms with Crippen LogP contribution in [0.25, 0.3) is 0 Å². The molecule has 5 rings (SSSR count). The molecule has 0 radical (unpaired) electrons. The highest BCUT2D eigenvalue weighted by Crippen LogP contribution is 2.37. The van der Waals surface area contributed by atoms with E-state index in [-0.39, 0.29) is 5.91 Å². The third-order valence-corrected chi connectivity index (χ3v) is 7.83. The van der Waals surface area contributed by atoms with Gasteiger partial charge in [0, 0.05) is 43.2 Å². The van der Waals surface area contributed by atoms with Gasteiger partial charge in [0.15, 0.2) is 0 Å². The molecular weight excluding hydrogens is 446 g/mol. The number of nitrogens with one attached hydrogen (secondary N) is 1. The summed E-state index contributed by atoms with van der Waals surface area (Å²) < 4.78 is 5.02. The third kappa shape index (κ3) is 4.64. The number of thiophene rings is 1. The minimum Gasteiger partial charge on any atom is -0.465 e. The molecule has 2 aromatic carbocycles. The van der Waals surface area contributed by atoms with Crippen molar-refractivity contribution in [3.8, 4) is 0 Å². The SMILES string of the molecule is COC(=O)c1c(NC(=O)c2ccc(CN3CCc4ccccc4C3)cc2)sc2c1CCN(C)C2. The van der Waals surface area contributed by atoms with Crippen LogP contribution in [0, 0.1) is 0 Å². The van der Waals surface area contributed by atoms with Crippen LogP contribution in [0.1, 0.15) is 47.8 Å². The van der Waals surface area contributed by atoms with Gasteiger partial charge in [-0.3, -0.25) is 9.69 Å². The quantitative estimate of drug-likeness (QED) is 0.557. The average molecular weight is 476 g/mol. The van der Waals surface area contributed by atoms with Crippen LogP contribution in [-0.2, 0) is 37.2 Å². The molecule has 3 heterocycles. The van der Waals surface area contributed by atoms with Crippen molar-refractivity contribution in [2.45, 2.75) is 32.5 Å². The second-order valence-electron chi connectivity index (χ2n) is 9.07. The molecule has 6 nitrogen and oxygen atoms in total. The minimum atomic E-state index is -0.393. The van der Waals surface area contributed by atoms with Crippen LogP contribution < -0.4 is 5.32 Å². The lowest BCUT2D eigenvalue weighted by Crippen LogP contribution is -2.29. The third-order valence-electron chi connectivity index (χ3n) is 6.70. The number of carbonyl (C=O) groups is 2. The fourth-order valence-electron chi connectivity index (χ4n) is 4.82. The Morgan fingerprint density at radius 1 is 1.00 bits per heavy atom. The van der Waals surface area contributed by atoms with Crippen molar-refractivity contribution in [2.75, 3.05) is 32.6 Å². The molecule has 3 aromatic rings. The smallest absolute Gasteiger partial charge is 0.341 e. The van der Waals surface area contributed by atoms with E-state index in [9.17, 15) is 9.59 Å². The molecule has 2 aliphatic heterocycles.